The van der Waals surface area contributed by atoms with Crippen molar-refractivity contribution in [1.82, 2.24) is 19.6 Å². The number of benzene rings is 6. The molecule has 1 N–H and O–H groups in total. The molecule has 370 valence electrons. The minimum absolute atomic E-state index is 0.0527. The fraction of sp³-hybridized carbons (Fsp3) is 0.238. The van der Waals surface area contributed by atoms with Crippen molar-refractivity contribution in [2.45, 2.75) is 77.5 Å². The quantitative estimate of drug-likeness (QED) is 0.0953. The summed E-state index contributed by atoms with van der Waals surface area (Å²) in [6.07, 6.45) is 17.9. The first-order valence-electron chi connectivity index (χ1n) is 25.3. The maximum Gasteiger partial charge on any atom is 0.330 e. The highest BCUT2D eigenvalue weighted by Crippen LogP contribution is 2.45. The number of carbonyl (C=O) groups is 2. The fourth-order valence-electron chi connectivity index (χ4n) is 10.8. The first kappa shape index (κ1) is 49.7. The summed E-state index contributed by atoms with van der Waals surface area (Å²) in [6.45, 7) is 9.06. The third-order valence-electron chi connectivity index (χ3n) is 14.3. The van der Waals surface area contributed by atoms with Crippen LogP contribution in [-0.2, 0) is 54.1 Å². The minimum Gasteiger partial charge on any atom is -0.478 e. The van der Waals surface area contributed by atoms with Crippen molar-refractivity contribution < 1.29 is 19.4 Å². The molecule has 10 heteroatoms. The van der Waals surface area contributed by atoms with E-state index in [2.05, 4.69) is 181 Å². The number of rotatable bonds is 12. The Bertz CT molecular complexity index is 3290. The summed E-state index contributed by atoms with van der Waals surface area (Å²) in [7, 11) is 5.28. The van der Waals surface area contributed by atoms with Crippen LogP contribution in [0.4, 0.5) is 11.4 Å². The molecular formula is C63H64N6O4. The summed E-state index contributed by atoms with van der Waals surface area (Å²) in [5.41, 5.74) is 19.5. The van der Waals surface area contributed by atoms with E-state index in [1.54, 1.807) is 12.2 Å². The number of esters is 1. The molecule has 0 bridgehead atoms. The summed E-state index contributed by atoms with van der Waals surface area (Å²) in [4.78, 5) is 27.6. The molecule has 4 heterocycles. The van der Waals surface area contributed by atoms with Crippen molar-refractivity contribution in [3.63, 3.8) is 0 Å². The van der Waals surface area contributed by atoms with Crippen LogP contribution < -0.4 is 9.80 Å². The number of fused-ring (bicyclic) bond motifs is 2. The zero-order valence-corrected chi connectivity index (χ0v) is 42.8. The molecule has 0 radical (unpaired) electrons. The normalized spacial score (nSPS) is 17.2. The monoisotopic (exact) mass is 968 g/mol. The number of hydrogen-bond donors (Lipinski definition) is 1. The second kappa shape index (κ2) is 22.0. The molecule has 0 fully saturated rings. The van der Waals surface area contributed by atoms with Crippen LogP contribution in [0.15, 0.2) is 170 Å². The van der Waals surface area contributed by atoms with E-state index in [-0.39, 0.29) is 18.1 Å². The molecule has 73 heavy (non-hydrogen) atoms. The first-order chi connectivity index (χ1) is 35.4. The summed E-state index contributed by atoms with van der Waals surface area (Å²) < 4.78 is 8.42. The molecule has 2 aliphatic heterocycles. The Hall–Kier alpha value is -8.24. The minimum atomic E-state index is -0.944. The molecule has 2 aromatic heterocycles. The van der Waals surface area contributed by atoms with E-state index in [0.717, 1.165) is 47.9 Å². The third-order valence-corrected chi connectivity index (χ3v) is 14.3. The lowest BCUT2D eigenvalue weighted by Gasteiger charge is -2.45. The van der Waals surface area contributed by atoms with Gasteiger partial charge < -0.3 is 19.6 Å². The van der Waals surface area contributed by atoms with E-state index >= 15 is 0 Å². The molecule has 10 rings (SSSR count). The van der Waals surface area contributed by atoms with E-state index in [1.165, 1.54) is 86.3 Å². The van der Waals surface area contributed by atoms with E-state index < -0.39 is 5.97 Å². The van der Waals surface area contributed by atoms with Crippen LogP contribution in [0.5, 0.6) is 0 Å². The first-order valence-corrected chi connectivity index (χ1v) is 25.3. The summed E-state index contributed by atoms with van der Waals surface area (Å²) >= 11 is 0. The van der Waals surface area contributed by atoms with Crippen LogP contribution in [0.25, 0.3) is 34.4 Å². The molecular weight excluding hydrogens is 905 g/mol. The van der Waals surface area contributed by atoms with Crippen LogP contribution in [0.2, 0.25) is 0 Å². The molecule has 0 aliphatic carbocycles. The molecule has 4 unspecified atom stereocenters. The van der Waals surface area contributed by atoms with Gasteiger partial charge in [-0.15, -0.1) is 0 Å². The van der Waals surface area contributed by atoms with Crippen molar-refractivity contribution in [3.05, 3.63) is 226 Å². The molecule has 0 spiro atoms. The van der Waals surface area contributed by atoms with E-state index in [1.807, 2.05) is 48.0 Å². The van der Waals surface area contributed by atoms with Crippen molar-refractivity contribution >= 4 is 35.5 Å². The second-order valence-electron chi connectivity index (χ2n) is 19.2. The average Bonchev–Trinajstić information content (AvgIpc) is 4.06. The summed E-state index contributed by atoms with van der Waals surface area (Å²) in [5, 5.41) is 17.7. The van der Waals surface area contributed by atoms with Crippen LogP contribution in [-0.4, -0.2) is 55.8 Å². The highest BCUT2D eigenvalue weighted by atomic mass is 16.5. The van der Waals surface area contributed by atoms with Gasteiger partial charge in [-0.1, -0.05) is 135 Å². The third kappa shape index (κ3) is 10.8. The predicted molar refractivity (Wildman–Crippen MR) is 295 cm³/mol. The van der Waals surface area contributed by atoms with Gasteiger partial charge in [-0.25, -0.2) is 9.59 Å². The fourth-order valence-corrected chi connectivity index (χ4v) is 10.8. The predicted octanol–water partition coefficient (Wildman–Crippen LogP) is 12.7. The largest absolute Gasteiger partial charge is 0.478 e. The maximum atomic E-state index is 11.5. The molecule has 0 saturated heterocycles. The zero-order valence-electron chi connectivity index (χ0n) is 42.8. The molecule has 0 saturated carbocycles. The van der Waals surface area contributed by atoms with Gasteiger partial charge in [0.05, 0.1) is 31.6 Å². The lowest BCUT2D eigenvalue weighted by molar-refractivity contribution is -0.135. The van der Waals surface area contributed by atoms with E-state index in [0.29, 0.717) is 12.1 Å². The molecule has 2 aliphatic rings. The number of aromatic nitrogens is 4. The zero-order chi connectivity index (χ0) is 51.2. The average molecular weight is 969 g/mol. The topological polar surface area (TPSA) is 106 Å². The Morgan fingerprint density at radius 2 is 1.01 bits per heavy atom. The van der Waals surface area contributed by atoms with Gasteiger partial charge in [0.25, 0.3) is 0 Å². The Kier molecular flexibility index (Phi) is 15.0. The molecule has 0 amide bonds. The SMILES string of the molecule is CCc1ccccc1N1C(C)Cc2cc(-c3cnn(C)c3)ccc2C1c1ccc(/C=C/C(=O)O)cc1.CCc1ccccc1N1C(C)Cc2cc(-c3cnn(C)c3)ccc2C1c1ccc(/C=C/C(=O)OC)cc1. The molecule has 10 nitrogen and oxygen atoms in total. The van der Waals surface area contributed by atoms with Crippen molar-refractivity contribution in [2.24, 2.45) is 14.1 Å². The van der Waals surface area contributed by atoms with Crippen molar-refractivity contribution in [1.29, 1.82) is 0 Å². The van der Waals surface area contributed by atoms with Gasteiger partial charge in [-0.2, -0.15) is 10.2 Å². The second-order valence-corrected chi connectivity index (χ2v) is 19.2. The Morgan fingerprint density at radius 1 is 0.589 bits per heavy atom. The van der Waals surface area contributed by atoms with Gasteiger partial charge in [0.1, 0.15) is 0 Å². The van der Waals surface area contributed by atoms with Crippen molar-refractivity contribution in [2.75, 3.05) is 16.9 Å². The highest BCUT2D eigenvalue weighted by Gasteiger charge is 2.36. The Balaban J connectivity index is 0.000000180. The van der Waals surface area contributed by atoms with Gasteiger partial charge in [0.15, 0.2) is 0 Å². The van der Waals surface area contributed by atoms with E-state index in [4.69, 9.17) is 9.84 Å². The number of aryl methyl sites for hydroxylation is 4. The van der Waals surface area contributed by atoms with Crippen LogP contribution in [0.1, 0.15) is 95.4 Å². The lowest BCUT2D eigenvalue weighted by Crippen LogP contribution is -2.43. The number of carboxylic acids is 1. The summed E-state index contributed by atoms with van der Waals surface area (Å²) in [5.74, 6) is -1.30. The number of nitrogens with zero attached hydrogens (tertiary/aromatic N) is 6. The lowest BCUT2D eigenvalue weighted by atomic mass is 9.82. The molecule has 4 atom stereocenters. The summed E-state index contributed by atoms with van der Waals surface area (Å²) in [6, 6.07) is 48.6. The number of para-hydroxylation sites is 2. The van der Waals surface area contributed by atoms with Crippen LogP contribution in [0.3, 0.4) is 0 Å². The number of methoxy groups -OCH3 is 1. The highest BCUT2D eigenvalue weighted by molar-refractivity contribution is 5.87. The number of carbonyl (C=O) groups excluding carboxylic acids is 1. The molecule has 6 aromatic carbocycles. The number of aliphatic carboxylic acids is 1. The van der Waals surface area contributed by atoms with Gasteiger partial charge in [0, 0.05) is 73.2 Å². The smallest absolute Gasteiger partial charge is 0.330 e. The molecule has 8 aromatic rings. The number of ether oxygens (including phenoxy) is 1. The number of anilines is 2. The van der Waals surface area contributed by atoms with Gasteiger partial charge in [-0.3, -0.25) is 9.36 Å². The number of carboxylic acid groups (broad SMARTS) is 1. The van der Waals surface area contributed by atoms with E-state index in [9.17, 15) is 9.59 Å². The number of hydrogen-bond acceptors (Lipinski definition) is 7. The standard InChI is InChI=1S/C32H33N3O2.C31H31N3O2/c1-5-24-8-6-7-9-30(24)35-22(2)18-27-19-26(28-20-33-34(3)21-28)15-16-29(27)32(35)25-13-10-23(11-14-25)12-17-31(36)37-4;1-4-23-7-5-6-8-29(23)34-21(2)17-26-18-25(27-19-32-33(3)20-27)14-15-28(26)31(34)24-12-9-22(10-13-24)11-16-30(35)36/h6-17,19-22,32H,5,18H2,1-4H3;5-16,18-21,31H,4,17H2,1-3H3,(H,35,36)/b17-12+;16-11+. The van der Waals surface area contributed by atoms with Crippen LogP contribution >= 0.6 is 0 Å². The van der Waals surface area contributed by atoms with Gasteiger partial charge >= 0.3 is 11.9 Å². The Morgan fingerprint density at radius 3 is 1.40 bits per heavy atom. The van der Waals surface area contributed by atoms with Crippen LogP contribution in [0, 0.1) is 0 Å². The van der Waals surface area contributed by atoms with Crippen molar-refractivity contribution in [3.8, 4) is 22.3 Å². The van der Waals surface area contributed by atoms with Gasteiger partial charge in [-0.05, 0) is 131 Å². The maximum absolute atomic E-state index is 11.5. The van der Waals surface area contributed by atoms with Gasteiger partial charge in [0.2, 0.25) is 0 Å². The Labute approximate surface area is 429 Å².